The molecule has 0 aliphatic heterocycles. The molecule has 104 valence electrons. The predicted molar refractivity (Wildman–Crippen MR) is 93.9 cm³/mol. The molecule has 0 saturated heterocycles. The van der Waals surface area contributed by atoms with Gasteiger partial charge in [0.05, 0.1) is 16.2 Å². The maximum Gasteiger partial charge on any atom is 0.255 e. The first-order valence-corrected chi connectivity index (χ1v) is 7.71. The van der Waals surface area contributed by atoms with Gasteiger partial charge in [-0.2, -0.15) is 0 Å². The van der Waals surface area contributed by atoms with Gasteiger partial charge in [-0.25, -0.2) is 0 Å². The summed E-state index contributed by atoms with van der Waals surface area (Å²) in [5.41, 5.74) is 1.94. The fourth-order valence-corrected chi connectivity index (χ4v) is 2.61. The summed E-state index contributed by atoms with van der Waals surface area (Å²) < 4.78 is 1.09. The molecule has 0 spiro atoms. The first-order chi connectivity index (χ1) is 10.1. The van der Waals surface area contributed by atoms with E-state index < -0.39 is 0 Å². The summed E-state index contributed by atoms with van der Waals surface area (Å²) >= 11 is 8.35. The number of benzene rings is 2. The van der Waals surface area contributed by atoms with Crippen molar-refractivity contribution in [3.05, 3.63) is 68.9 Å². The number of anilines is 1. The van der Waals surface area contributed by atoms with Crippen molar-refractivity contribution in [1.29, 1.82) is 0 Å². The molecule has 5 heteroatoms. The molecule has 0 aliphatic carbocycles. The summed E-state index contributed by atoms with van der Waals surface area (Å²) in [6.07, 6.45) is 1.68. The van der Waals surface area contributed by atoms with Crippen LogP contribution in [0.25, 0.3) is 10.9 Å². The van der Waals surface area contributed by atoms with Crippen LogP contribution in [0.4, 0.5) is 5.69 Å². The van der Waals surface area contributed by atoms with Crippen LogP contribution in [0.1, 0.15) is 10.4 Å². The van der Waals surface area contributed by atoms with Crippen LogP contribution >= 0.6 is 34.2 Å². The number of nitrogens with one attached hydrogen (secondary N) is 1. The maximum absolute atomic E-state index is 12.3. The third kappa shape index (κ3) is 3.01. The molecule has 0 unspecified atom stereocenters. The van der Waals surface area contributed by atoms with Gasteiger partial charge < -0.3 is 5.32 Å². The van der Waals surface area contributed by atoms with Crippen LogP contribution in [0.3, 0.4) is 0 Å². The van der Waals surface area contributed by atoms with Gasteiger partial charge in [-0.15, -0.1) is 0 Å². The molecule has 3 aromatic rings. The normalized spacial score (nSPS) is 10.6. The fourth-order valence-electron chi connectivity index (χ4n) is 2.03. The van der Waals surface area contributed by atoms with Crippen LogP contribution < -0.4 is 5.32 Å². The third-order valence-corrected chi connectivity index (χ3v) is 4.12. The molecule has 2 aromatic carbocycles. The second kappa shape index (κ2) is 5.99. The van der Waals surface area contributed by atoms with Crippen LogP contribution in [0.15, 0.2) is 54.7 Å². The van der Waals surface area contributed by atoms with Gasteiger partial charge in [-0.3, -0.25) is 9.78 Å². The number of carbonyl (C=O) groups excluding carboxylic acids is 1. The Hall–Kier alpha value is -1.66. The van der Waals surface area contributed by atoms with E-state index in [0.29, 0.717) is 21.8 Å². The lowest BCUT2D eigenvalue weighted by atomic mass is 10.1. The van der Waals surface area contributed by atoms with Gasteiger partial charge in [0.25, 0.3) is 5.91 Å². The quantitative estimate of drug-likeness (QED) is 0.622. The van der Waals surface area contributed by atoms with E-state index in [1.807, 2.05) is 24.3 Å². The molecule has 0 saturated carbocycles. The molecule has 0 atom stereocenters. The average Bonchev–Trinajstić information content (AvgIpc) is 2.51. The van der Waals surface area contributed by atoms with E-state index in [2.05, 4.69) is 32.9 Å². The van der Waals surface area contributed by atoms with E-state index in [0.717, 1.165) is 8.96 Å². The number of pyridine rings is 1. The SMILES string of the molecule is O=C(Nc1ccc(Cl)c2cccnc12)c1ccc(I)cc1. The summed E-state index contributed by atoms with van der Waals surface area (Å²) in [6.45, 7) is 0. The van der Waals surface area contributed by atoms with Crippen molar-refractivity contribution < 1.29 is 4.79 Å². The Morgan fingerprint density at radius 2 is 1.86 bits per heavy atom. The zero-order valence-corrected chi connectivity index (χ0v) is 13.7. The van der Waals surface area contributed by atoms with Crippen molar-refractivity contribution in [3.8, 4) is 0 Å². The Labute approximate surface area is 140 Å². The highest BCUT2D eigenvalue weighted by atomic mass is 127. The Balaban J connectivity index is 1.97. The minimum Gasteiger partial charge on any atom is -0.320 e. The second-order valence-electron chi connectivity index (χ2n) is 4.46. The van der Waals surface area contributed by atoms with Gasteiger partial charge in [0.2, 0.25) is 0 Å². The average molecular weight is 409 g/mol. The highest BCUT2D eigenvalue weighted by Crippen LogP contribution is 2.28. The number of rotatable bonds is 2. The van der Waals surface area contributed by atoms with Crippen molar-refractivity contribution in [2.45, 2.75) is 0 Å². The third-order valence-electron chi connectivity index (χ3n) is 3.07. The fraction of sp³-hybridized carbons (Fsp3) is 0. The molecule has 0 aliphatic rings. The lowest BCUT2D eigenvalue weighted by Gasteiger charge is -2.09. The molecule has 21 heavy (non-hydrogen) atoms. The summed E-state index contributed by atoms with van der Waals surface area (Å²) in [5, 5.41) is 4.32. The summed E-state index contributed by atoms with van der Waals surface area (Å²) in [7, 11) is 0. The number of halogens is 2. The van der Waals surface area contributed by atoms with E-state index in [-0.39, 0.29) is 5.91 Å². The number of amides is 1. The largest absolute Gasteiger partial charge is 0.320 e. The highest BCUT2D eigenvalue weighted by Gasteiger charge is 2.10. The minimum atomic E-state index is -0.166. The number of carbonyl (C=O) groups is 1. The maximum atomic E-state index is 12.3. The van der Waals surface area contributed by atoms with Gasteiger partial charge in [0.15, 0.2) is 0 Å². The van der Waals surface area contributed by atoms with E-state index >= 15 is 0 Å². The van der Waals surface area contributed by atoms with Gasteiger partial charge >= 0.3 is 0 Å². The van der Waals surface area contributed by atoms with Crippen LogP contribution in [-0.4, -0.2) is 10.9 Å². The molecule has 1 aromatic heterocycles. The van der Waals surface area contributed by atoms with Crippen molar-refractivity contribution in [2.24, 2.45) is 0 Å². The zero-order chi connectivity index (χ0) is 14.8. The second-order valence-corrected chi connectivity index (χ2v) is 6.11. The van der Waals surface area contributed by atoms with Crippen molar-refractivity contribution in [3.63, 3.8) is 0 Å². The molecular weight excluding hydrogens is 399 g/mol. The number of aromatic nitrogens is 1. The van der Waals surface area contributed by atoms with Crippen molar-refractivity contribution in [1.82, 2.24) is 4.98 Å². The first kappa shape index (κ1) is 14.3. The summed E-state index contributed by atoms with van der Waals surface area (Å²) in [6, 6.07) is 14.6. The van der Waals surface area contributed by atoms with E-state index in [9.17, 15) is 4.79 Å². The molecule has 1 N–H and O–H groups in total. The van der Waals surface area contributed by atoms with Gasteiger partial charge in [-0.1, -0.05) is 11.6 Å². The van der Waals surface area contributed by atoms with Crippen LogP contribution in [0.2, 0.25) is 5.02 Å². The van der Waals surface area contributed by atoms with E-state index in [1.165, 1.54) is 0 Å². The lowest BCUT2D eigenvalue weighted by molar-refractivity contribution is 0.102. The van der Waals surface area contributed by atoms with Crippen molar-refractivity contribution in [2.75, 3.05) is 5.32 Å². The smallest absolute Gasteiger partial charge is 0.255 e. The Morgan fingerprint density at radius 1 is 1.10 bits per heavy atom. The highest BCUT2D eigenvalue weighted by molar-refractivity contribution is 14.1. The van der Waals surface area contributed by atoms with Crippen LogP contribution in [-0.2, 0) is 0 Å². The Kier molecular flexibility index (Phi) is 4.07. The minimum absolute atomic E-state index is 0.166. The number of fused-ring (bicyclic) bond motifs is 1. The topological polar surface area (TPSA) is 42.0 Å². The van der Waals surface area contributed by atoms with Crippen LogP contribution in [0.5, 0.6) is 0 Å². The molecule has 0 bridgehead atoms. The molecule has 0 fully saturated rings. The number of nitrogens with zero attached hydrogens (tertiary/aromatic N) is 1. The van der Waals surface area contributed by atoms with Gasteiger partial charge in [0.1, 0.15) is 0 Å². The van der Waals surface area contributed by atoms with E-state index in [1.54, 1.807) is 30.5 Å². The van der Waals surface area contributed by atoms with Gasteiger partial charge in [0, 0.05) is 20.7 Å². The molecule has 3 nitrogen and oxygen atoms in total. The Bertz CT molecular complexity index is 818. The van der Waals surface area contributed by atoms with E-state index in [4.69, 9.17) is 11.6 Å². The molecule has 3 rings (SSSR count). The number of hydrogen-bond donors (Lipinski definition) is 1. The molecular formula is C16H10ClIN2O. The van der Waals surface area contributed by atoms with Crippen molar-refractivity contribution >= 4 is 56.7 Å². The van der Waals surface area contributed by atoms with Gasteiger partial charge in [-0.05, 0) is 71.1 Å². The predicted octanol–water partition coefficient (Wildman–Crippen LogP) is 4.75. The lowest BCUT2D eigenvalue weighted by Crippen LogP contribution is -2.12. The monoisotopic (exact) mass is 408 g/mol. The summed E-state index contributed by atoms with van der Waals surface area (Å²) in [4.78, 5) is 16.6. The molecule has 1 amide bonds. The molecule has 0 radical (unpaired) electrons. The summed E-state index contributed by atoms with van der Waals surface area (Å²) in [5.74, 6) is -0.166. The first-order valence-electron chi connectivity index (χ1n) is 6.25. The zero-order valence-electron chi connectivity index (χ0n) is 10.8. The number of hydrogen-bond acceptors (Lipinski definition) is 2. The van der Waals surface area contributed by atoms with Crippen LogP contribution in [0, 0.1) is 3.57 Å². The molecule has 1 heterocycles. The standard InChI is InChI=1S/C16H10ClIN2O/c17-13-7-8-14(15-12(13)2-1-9-19-15)20-16(21)10-3-5-11(18)6-4-10/h1-9H,(H,20,21). The Morgan fingerprint density at radius 3 is 2.62 bits per heavy atom.